The summed E-state index contributed by atoms with van der Waals surface area (Å²) in [5.41, 5.74) is 5.50. The predicted molar refractivity (Wildman–Crippen MR) is 126 cm³/mol. The van der Waals surface area contributed by atoms with E-state index in [-0.39, 0.29) is 30.0 Å². The van der Waals surface area contributed by atoms with Crippen molar-refractivity contribution < 1.29 is 37.7 Å². The zero-order valence-corrected chi connectivity index (χ0v) is 19.5. The summed E-state index contributed by atoms with van der Waals surface area (Å²) in [5, 5.41) is 23.2. The lowest BCUT2D eigenvalue weighted by molar-refractivity contribution is -0.146. The molecule has 2 aromatic heterocycles. The highest BCUT2D eigenvalue weighted by molar-refractivity contribution is 6.05. The van der Waals surface area contributed by atoms with Gasteiger partial charge in [-0.25, -0.2) is 14.8 Å². The number of aliphatic hydroxyl groups is 2. The van der Waals surface area contributed by atoms with E-state index in [4.69, 9.17) is 15.6 Å². The number of rotatable bonds is 8. The van der Waals surface area contributed by atoms with E-state index in [1.54, 1.807) is 6.07 Å². The van der Waals surface area contributed by atoms with Crippen molar-refractivity contribution in [3.05, 3.63) is 36.2 Å². The van der Waals surface area contributed by atoms with Crippen LogP contribution in [-0.2, 0) is 0 Å². The van der Waals surface area contributed by atoms with Crippen LogP contribution in [0.2, 0.25) is 0 Å². The van der Waals surface area contributed by atoms with Gasteiger partial charge in [-0.05, 0) is 24.6 Å². The van der Waals surface area contributed by atoms with Crippen molar-refractivity contribution in [1.82, 2.24) is 15.3 Å². The van der Waals surface area contributed by atoms with Gasteiger partial charge in [-0.15, -0.1) is 0 Å². The van der Waals surface area contributed by atoms with Crippen molar-refractivity contribution in [3.63, 3.8) is 0 Å². The molecule has 2 unspecified atom stereocenters. The Hall–Kier alpha value is -3.69. The number of fused-ring (bicyclic) bond motifs is 4. The molecule has 0 spiro atoms. The molecule has 15 heteroatoms. The molecule has 2 aromatic rings. The number of alkyl halides is 3. The number of nitrogens with zero attached hydrogens (tertiary/aromatic N) is 4. The molecule has 0 aromatic carbocycles. The molecule has 37 heavy (non-hydrogen) atoms. The lowest BCUT2D eigenvalue weighted by Crippen LogP contribution is -2.49. The zero-order chi connectivity index (χ0) is 26.7. The Balaban J connectivity index is 1.51. The van der Waals surface area contributed by atoms with Crippen molar-refractivity contribution in [1.29, 1.82) is 0 Å². The highest BCUT2D eigenvalue weighted by Crippen LogP contribution is 2.39. The van der Waals surface area contributed by atoms with Crippen LogP contribution in [0.15, 0.2) is 30.5 Å². The maximum atomic E-state index is 13.3. The van der Waals surface area contributed by atoms with Crippen LogP contribution in [0.25, 0.3) is 0 Å². The number of carbonyl (C=O) groups excluding carboxylic acids is 2. The van der Waals surface area contributed by atoms with E-state index in [9.17, 15) is 27.9 Å². The lowest BCUT2D eigenvalue weighted by atomic mass is 10.1. The van der Waals surface area contributed by atoms with Crippen molar-refractivity contribution in [3.8, 4) is 5.75 Å². The molecule has 2 aliphatic heterocycles. The standard InChI is InChI=1S/C22H26F3N7O5/c23-22(24,25)17(26)8-28-20(35)15-1-2-16-19(29-15)32(12-4-6-31(16)9-12)21(36)30-18-7-14(3-5-27-18)37-11-13(34)10-33/h1-3,5,7,12-13,17,33-34H,4,6,8-11,26H2,(H,28,35)(H,27,30,36)/t12-,13?,17?/m0/s1. The summed E-state index contributed by atoms with van der Waals surface area (Å²) in [6.07, 6.45) is -3.69. The van der Waals surface area contributed by atoms with Gasteiger partial charge >= 0.3 is 12.2 Å². The van der Waals surface area contributed by atoms with Gasteiger partial charge in [0.05, 0.1) is 18.3 Å². The number of pyridine rings is 2. The van der Waals surface area contributed by atoms with Crippen LogP contribution in [0.4, 0.5) is 35.3 Å². The molecule has 0 radical (unpaired) electrons. The first-order chi connectivity index (χ1) is 17.6. The normalized spacial score (nSPS) is 18.2. The first-order valence-electron chi connectivity index (χ1n) is 11.4. The van der Waals surface area contributed by atoms with Gasteiger partial charge in [-0.2, -0.15) is 13.2 Å². The molecular weight excluding hydrogens is 499 g/mol. The third-order valence-electron chi connectivity index (χ3n) is 5.93. The second-order valence-corrected chi connectivity index (χ2v) is 8.61. The molecule has 1 fully saturated rings. The quantitative estimate of drug-likeness (QED) is 0.329. The Morgan fingerprint density at radius 1 is 1.30 bits per heavy atom. The number of halogens is 3. The molecular formula is C22H26F3N7O5. The third-order valence-corrected chi connectivity index (χ3v) is 5.93. The SMILES string of the molecule is NC(CNC(=O)c1ccc2c(n1)N(C(=O)Nc1cc(OCC(O)CO)ccn1)[C@H]1CCN2C1)C(F)(F)F. The van der Waals surface area contributed by atoms with Crippen LogP contribution >= 0.6 is 0 Å². The molecule has 2 aliphatic rings. The van der Waals surface area contributed by atoms with E-state index in [1.807, 2.05) is 4.90 Å². The molecule has 4 rings (SSSR count). The van der Waals surface area contributed by atoms with Gasteiger partial charge < -0.3 is 30.9 Å². The Kier molecular flexibility index (Phi) is 7.65. The van der Waals surface area contributed by atoms with E-state index < -0.39 is 43.4 Å². The van der Waals surface area contributed by atoms with E-state index >= 15 is 0 Å². The highest BCUT2D eigenvalue weighted by atomic mass is 19.4. The van der Waals surface area contributed by atoms with Crippen molar-refractivity contribution in [2.75, 3.05) is 48.0 Å². The highest BCUT2D eigenvalue weighted by Gasteiger charge is 2.41. The van der Waals surface area contributed by atoms with Crippen molar-refractivity contribution in [2.24, 2.45) is 5.73 Å². The van der Waals surface area contributed by atoms with Crippen LogP contribution in [0.5, 0.6) is 5.75 Å². The summed E-state index contributed by atoms with van der Waals surface area (Å²) in [5.74, 6) is -0.208. The molecule has 3 amide bonds. The van der Waals surface area contributed by atoms with Crippen LogP contribution in [-0.4, -0.2) is 89.3 Å². The summed E-state index contributed by atoms with van der Waals surface area (Å²) in [4.78, 5) is 37.6. The molecule has 6 N–H and O–H groups in total. The number of nitrogens with two attached hydrogens (primary N) is 1. The fraction of sp³-hybridized carbons (Fsp3) is 0.455. The molecule has 0 saturated carbocycles. The second-order valence-electron chi connectivity index (χ2n) is 8.61. The summed E-state index contributed by atoms with van der Waals surface area (Å²) >= 11 is 0. The number of nitrogens with one attached hydrogen (secondary N) is 2. The van der Waals surface area contributed by atoms with Crippen LogP contribution in [0, 0.1) is 0 Å². The molecule has 200 valence electrons. The fourth-order valence-electron chi connectivity index (χ4n) is 3.99. The van der Waals surface area contributed by atoms with Gasteiger partial charge in [0.1, 0.15) is 36.0 Å². The number of ether oxygens (including phenoxy) is 1. The third kappa shape index (κ3) is 6.00. The van der Waals surface area contributed by atoms with Crippen molar-refractivity contribution >= 4 is 29.3 Å². The number of anilines is 3. The number of urea groups is 1. The van der Waals surface area contributed by atoms with Gasteiger partial charge in [0.25, 0.3) is 5.91 Å². The minimum atomic E-state index is -4.66. The first kappa shape index (κ1) is 26.4. The maximum Gasteiger partial charge on any atom is 0.405 e. The molecule has 4 heterocycles. The maximum absolute atomic E-state index is 13.3. The predicted octanol–water partition coefficient (Wildman–Crippen LogP) is 0.459. The fourth-order valence-corrected chi connectivity index (χ4v) is 3.99. The van der Waals surface area contributed by atoms with E-state index in [0.717, 1.165) is 0 Å². The number of aliphatic hydroxyl groups excluding tert-OH is 2. The van der Waals surface area contributed by atoms with Crippen LogP contribution < -0.4 is 30.9 Å². The summed E-state index contributed by atoms with van der Waals surface area (Å²) < 4.78 is 43.4. The van der Waals surface area contributed by atoms with E-state index in [2.05, 4.69) is 20.6 Å². The zero-order valence-electron chi connectivity index (χ0n) is 19.5. The number of hydrogen-bond acceptors (Lipinski definition) is 9. The molecule has 3 atom stereocenters. The Morgan fingerprint density at radius 3 is 2.81 bits per heavy atom. The first-order valence-corrected chi connectivity index (χ1v) is 11.4. The number of aromatic nitrogens is 2. The molecule has 1 saturated heterocycles. The minimum absolute atomic E-state index is 0.151. The van der Waals surface area contributed by atoms with Gasteiger partial charge in [0, 0.05) is 31.9 Å². The van der Waals surface area contributed by atoms with Crippen LogP contribution in [0.1, 0.15) is 16.9 Å². The second kappa shape index (κ2) is 10.7. The Bertz CT molecular complexity index is 1150. The summed E-state index contributed by atoms with van der Waals surface area (Å²) in [7, 11) is 0. The number of amides is 3. The average Bonchev–Trinajstić information content (AvgIpc) is 3.29. The minimum Gasteiger partial charge on any atom is -0.491 e. The van der Waals surface area contributed by atoms with E-state index in [0.29, 0.717) is 30.9 Å². The van der Waals surface area contributed by atoms with Gasteiger partial charge in [-0.1, -0.05) is 0 Å². The van der Waals surface area contributed by atoms with Gasteiger partial charge in [-0.3, -0.25) is 15.0 Å². The number of hydrogen-bond donors (Lipinski definition) is 5. The summed E-state index contributed by atoms with van der Waals surface area (Å²) in [6.45, 7) is -0.245. The average molecular weight is 525 g/mol. The monoisotopic (exact) mass is 525 g/mol. The molecule has 2 bridgehead atoms. The Labute approximate surface area is 209 Å². The smallest absolute Gasteiger partial charge is 0.405 e. The van der Waals surface area contributed by atoms with E-state index in [1.165, 1.54) is 29.3 Å². The van der Waals surface area contributed by atoms with Gasteiger partial charge in [0.15, 0.2) is 5.82 Å². The van der Waals surface area contributed by atoms with Gasteiger partial charge in [0.2, 0.25) is 0 Å². The van der Waals surface area contributed by atoms with Crippen molar-refractivity contribution in [2.45, 2.75) is 30.8 Å². The molecule has 12 nitrogen and oxygen atoms in total. The largest absolute Gasteiger partial charge is 0.491 e. The summed E-state index contributed by atoms with van der Waals surface area (Å²) in [6, 6.07) is 2.88. The number of carbonyl (C=O) groups is 2. The van der Waals surface area contributed by atoms with Crippen LogP contribution in [0.3, 0.4) is 0 Å². The Morgan fingerprint density at radius 2 is 2.08 bits per heavy atom. The lowest BCUT2D eigenvalue weighted by Gasteiger charge is -2.35. The molecule has 0 aliphatic carbocycles. The topological polar surface area (TPSA) is 166 Å².